The van der Waals surface area contributed by atoms with Gasteiger partial charge in [0.15, 0.2) is 0 Å². The first-order valence-electron chi connectivity index (χ1n) is 8.17. The van der Waals surface area contributed by atoms with Gasteiger partial charge in [-0.1, -0.05) is 36.4 Å². The van der Waals surface area contributed by atoms with Gasteiger partial charge in [0, 0.05) is 17.8 Å². The summed E-state index contributed by atoms with van der Waals surface area (Å²) in [5.41, 5.74) is 4.20. The normalized spacial score (nSPS) is 10.7. The van der Waals surface area contributed by atoms with Crippen LogP contribution in [0.3, 0.4) is 0 Å². The highest BCUT2D eigenvalue weighted by Gasteiger charge is 2.14. The molecule has 3 aromatic rings. The van der Waals surface area contributed by atoms with Gasteiger partial charge in [-0.3, -0.25) is 4.79 Å². The number of carbonyl (C=O) groups excluding carboxylic acids is 1. The Labute approximate surface area is 146 Å². The summed E-state index contributed by atoms with van der Waals surface area (Å²) in [5, 5.41) is 7.42. The minimum absolute atomic E-state index is 0.0254. The van der Waals surface area contributed by atoms with Gasteiger partial charge in [-0.25, -0.2) is 9.07 Å². The maximum absolute atomic E-state index is 13.6. The number of benzene rings is 2. The SMILES string of the molecule is Cc1nn(-c2ccccc2)c(C)c1CNC(=O)Cc1ccccc1F. The van der Waals surface area contributed by atoms with Crippen LogP contribution in [0.4, 0.5) is 4.39 Å². The predicted molar refractivity (Wildman–Crippen MR) is 95.0 cm³/mol. The van der Waals surface area contributed by atoms with Gasteiger partial charge >= 0.3 is 0 Å². The largest absolute Gasteiger partial charge is 0.352 e. The van der Waals surface area contributed by atoms with Gasteiger partial charge < -0.3 is 5.32 Å². The van der Waals surface area contributed by atoms with E-state index in [0.717, 1.165) is 22.6 Å². The van der Waals surface area contributed by atoms with Gasteiger partial charge in [-0.15, -0.1) is 0 Å². The number of hydrogen-bond acceptors (Lipinski definition) is 2. The molecule has 0 atom stereocenters. The molecular weight excluding hydrogens is 317 g/mol. The molecule has 0 unspecified atom stereocenters. The fraction of sp³-hybridized carbons (Fsp3) is 0.200. The summed E-state index contributed by atoms with van der Waals surface area (Å²) in [5.74, 6) is -0.571. The van der Waals surface area contributed by atoms with E-state index in [1.807, 2.05) is 48.9 Å². The summed E-state index contributed by atoms with van der Waals surface area (Å²) in [4.78, 5) is 12.1. The minimum atomic E-state index is -0.359. The first-order chi connectivity index (χ1) is 12.1. The molecule has 128 valence electrons. The molecule has 1 aromatic heterocycles. The number of nitrogens with one attached hydrogen (secondary N) is 1. The average Bonchev–Trinajstić information content (AvgIpc) is 2.90. The van der Waals surface area contributed by atoms with Gasteiger partial charge in [-0.2, -0.15) is 5.10 Å². The number of halogens is 1. The van der Waals surface area contributed by atoms with Crippen molar-refractivity contribution < 1.29 is 9.18 Å². The maximum atomic E-state index is 13.6. The van der Waals surface area contributed by atoms with E-state index >= 15 is 0 Å². The van der Waals surface area contributed by atoms with Crippen LogP contribution >= 0.6 is 0 Å². The van der Waals surface area contributed by atoms with E-state index in [1.54, 1.807) is 18.2 Å². The average molecular weight is 337 g/mol. The number of aromatic nitrogens is 2. The molecule has 0 saturated heterocycles. The summed E-state index contributed by atoms with van der Waals surface area (Å²) in [7, 11) is 0. The Balaban J connectivity index is 1.70. The summed E-state index contributed by atoms with van der Waals surface area (Å²) < 4.78 is 15.5. The summed E-state index contributed by atoms with van der Waals surface area (Å²) >= 11 is 0. The second kappa shape index (κ2) is 7.30. The molecule has 0 saturated carbocycles. The number of para-hydroxylation sites is 1. The van der Waals surface area contributed by atoms with Gasteiger partial charge in [0.2, 0.25) is 5.91 Å². The lowest BCUT2D eigenvalue weighted by Gasteiger charge is -2.08. The van der Waals surface area contributed by atoms with Crippen LogP contribution in [0.5, 0.6) is 0 Å². The van der Waals surface area contributed by atoms with E-state index < -0.39 is 0 Å². The fourth-order valence-electron chi connectivity index (χ4n) is 2.82. The van der Waals surface area contributed by atoms with Crippen molar-refractivity contribution in [3.63, 3.8) is 0 Å². The molecule has 0 fully saturated rings. The second-order valence-corrected chi connectivity index (χ2v) is 5.94. The zero-order valence-electron chi connectivity index (χ0n) is 14.3. The van der Waals surface area contributed by atoms with E-state index in [4.69, 9.17) is 0 Å². The lowest BCUT2D eigenvalue weighted by atomic mass is 10.1. The number of rotatable bonds is 5. The van der Waals surface area contributed by atoms with E-state index in [9.17, 15) is 9.18 Å². The smallest absolute Gasteiger partial charge is 0.224 e. The summed E-state index contributed by atoms with van der Waals surface area (Å²) in [6.45, 7) is 4.27. The highest BCUT2D eigenvalue weighted by atomic mass is 19.1. The molecule has 5 heteroatoms. The van der Waals surface area contributed by atoms with Crippen molar-refractivity contribution >= 4 is 5.91 Å². The Bertz CT molecular complexity index is 887. The number of carbonyl (C=O) groups is 1. The standard InChI is InChI=1S/C20H20FN3O/c1-14-18(15(2)24(23-14)17-9-4-3-5-10-17)13-22-20(25)12-16-8-6-7-11-19(16)21/h3-11H,12-13H2,1-2H3,(H,22,25). The molecule has 0 spiro atoms. The molecule has 4 nitrogen and oxygen atoms in total. The Morgan fingerprint density at radius 3 is 2.48 bits per heavy atom. The molecule has 1 heterocycles. The number of amides is 1. The lowest BCUT2D eigenvalue weighted by molar-refractivity contribution is -0.120. The van der Waals surface area contributed by atoms with Gasteiger partial charge in [0.25, 0.3) is 0 Å². The van der Waals surface area contributed by atoms with Crippen molar-refractivity contribution in [1.82, 2.24) is 15.1 Å². The van der Waals surface area contributed by atoms with Crippen LogP contribution in [0, 0.1) is 19.7 Å². The van der Waals surface area contributed by atoms with E-state index in [1.165, 1.54) is 6.07 Å². The van der Waals surface area contributed by atoms with Crippen LogP contribution < -0.4 is 5.32 Å². The fourth-order valence-corrected chi connectivity index (χ4v) is 2.82. The molecule has 0 bridgehead atoms. The van der Waals surface area contributed by atoms with Crippen molar-refractivity contribution in [2.45, 2.75) is 26.8 Å². The Morgan fingerprint density at radius 2 is 1.76 bits per heavy atom. The summed E-state index contributed by atoms with van der Waals surface area (Å²) in [6.07, 6.45) is 0.0254. The predicted octanol–water partition coefficient (Wildman–Crippen LogP) is 3.49. The number of nitrogens with zero attached hydrogens (tertiary/aromatic N) is 2. The molecular formula is C20H20FN3O. The van der Waals surface area contributed by atoms with Crippen LogP contribution in [0.1, 0.15) is 22.5 Å². The van der Waals surface area contributed by atoms with Crippen molar-refractivity contribution in [2.75, 3.05) is 0 Å². The lowest BCUT2D eigenvalue weighted by Crippen LogP contribution is -2.25. The molecule has 0 radical (unpaired) electrons. The Morgan fingerprint density at radius 1 is 1.08 bits per heavy atom. The topological polar surface area (TPSA) is 46.9 Å². The van der Waals surface area contributed by atoms with Crippen LogP contribution in [-0.2, 0) is 17.8 Å². The van der Waals surface area contributed by atoms with Crippen LogP contribution in [-0.4, -0.2) is 15.7 Å². The third-order valence-corrected chi connectivity index (χ3v) is 4.21. The van der Waals surface area contributed by atoms with E-state index in [0.29, 0.717) is 12.1 Å². The molecule has 2 aromatic carbocycles. The van der Waals surface area contributed by atoms with Crippen LogP contribution in [0.2, 0.25) is 0 Å². The molecule has 0 aliphatic carbocycles. The third-order valence-electron chi connectivity index (χ3n) is 4.21. The van der Waals surface area contributed by atoms with E-state index in [-0.39, 0.29) is 18.1 Å². The Kier molecular flexibility index (Phi) is 4.93. The first-order valence-corrected chi connectivity index (χ1v) is 8.17. The van der Waals surface area contributed by atoms with Gasteiger partial charge in [0.05, 0.1) is 17.8 Å². The van der Waals surface area contributed by atoms with Crippen molar-refractivity contribution in [3.05, 3.63) is 82.9 Å². The zero-order valence-corrected chi connectivity index (χ0v) is 14.3. The first kappa shape index (κ1) is 16.9. The van der Waals surface area contributed by atoms with E-state index in [2.05, 4.69) is 10.4 Å². The molecule has 0 aliphatic heterocycles. The zero-order chi connectivity index (χ0) is 17.8. The summed E-state index contributed by atoms with van der Waals surface area (Å²) in [6, 6.07) is 16.2. The Hall–Kier alpha value is -2.95. The number of hydrogen-bond donors (Lipinski definition) is 1. The third kappa shape index (κ3) is 3.76. The highest BCUT2D eigenvalue weighted by Crippen LogP contribution is 2.17. The van der Waals surface area contributed by atoms with Crippen LogP contribution in [0.15, 0.2) is 54.6 Å². The van der Waals surface area contributed by atoms with Crippen molar-refractivity contribution in [3.8, 4) is 5.69 Å². The van der Waals surface area contributed by atoms with Crippen molar-refractivity contribution in [2.24, 2.45) is 0 Å². The highest BCUT2D eigenvalue weighted by molar-refractivity contribution is 5.78. The second-order valence-electron chi connectivity index (χ2n) is 5.94. The molecule has 3 rings (SSSR count). The van der Waals surface area contributed by atoms with Crippen molar-refractivity contribution in [1.29, 1.82) is 0 Å². The number of aryl methyl sites for hydroxylation is 1. The molecule has 1 N–H and O–H groups in total. The van der Waals surface area contributed by atoms with Gasteiger partial charge in [0.1, 0.15) is 5.82 Å². The molecule has 25 heavy (non-hydrogen) atoms. The quantitative estimate of drug-likeness (QED) is 0.775. The molecule has 1 amide bonds. The minimum Gasteiger partial charge on any atom is -0.352 e. The maximum Gasteiger partial charge on any atom is 0.224 e. The monoisotopic (exact) mass is 337 g/mol. The van der Waals surface area contributed by atoms with Gasteiger partial charge in [-0.05, 0) is 37.6 Å². The van der Waals surface area contributed by atoms with Crippen LogP contribution in [0.25, 0.3) is 5.69 Å². The molecule has 0 aliphatic rings.